The molecule has 8 nitrogen and oxygen atoms in total. The monoisotopic (exact) mass is 385 g/mol. The smallest absolute Gasteiger partial charge is 0.410 e. The van der Waals surface area contributed by atoms with Crippen molar-refractivity contribution in [1.82, 2.24) is 4.90 Å². The molecule has 3 rings (SSSR count). The van der Waals surface area contributed by atoms with Crippen molar-refractivity contribution in [3.05, 3.63) is 69.8 Å². The zero-order valence-electron chi connectivity index (χ0n) is 15.5. The first-order valence-corrected chi connectivity index (χ1v) is 9.17. The summed E-state index contributed by atoms with van der Waals surface area (Å²) in [6.07, 6.45) is -0.108. The summed E-state index contributed by atoms with van der Waals surface area (Å²) in [5.41, 5.74) is 2.32. The van der Waals surface area contributed by atoms with Crippen LogP contribution in [0, 0.1) is 10.1 Å². The molecule has 1 amide bonds. The molecule has 2 aromatic carbocycles. The molecule has 2 aromatic rings. The van der Waals surface area contributed by atoms with Crippen LogP contribution in [0.25, 0.3) is 0 Å². The van der Waals surface area contributed by atoms with E-state index in [2.05, 4.69) is 4.90 Å². The van der Waals surface area contributed by atoms with Gasteiger partial charge in [0.2, 0.25) is 0 Å². The number of carbonyl (C=O) groups excluding carboxylic acids is 1. The summed E-state index contributed by atoms with van der Waals surface area (Å²) in [6, 6.07) is 14.5. The van der Waals surface area contributed by atoms with Crippen molar-refractivity contribution >= 4 is 17.5 Å². The molecule has 8 heteroatoms. The third kappa shape index (κ3) is 4.77. The molecular weight excluding hydrogens is 362 g/mol. The fraction of sp³-hybridized carbons (Fsp3) is 0.350. The molecule has 1 heterocycles. The molecular formula is C20H23N3O5. The van der Waals surface area contributed by atoms with Gasteiger partial charge in [-0.25, -0.2) is 4.79 Å². The lowest BCUT2D eigenvalue weighted by atomic mass is 10.1. The Balaban J connectivity index is 1.56. The van der Waals surface area contributed by atoms with E-state index in [1.165, 1.54) is 6.07 Å². The van der Waals surface area contributed by atoms with Gasteiger partial charge in [0.25, 0.3) is 5.69 Å². The highest BCUT2D eigenvalue weighted by Crippen LogP contribution is 2.26. The van der Waals surface area contributed by atoms with Gasteiger partial charge in [0.15, 0.2) is 0 Å². The highest BCUT2D eigenvalue weighted by molar-refractivity contribution is 5.68. The molecule has 0 radical (unpaired) electrons. The third-order valence-electron chi connectivity index (χ3n) is 4.75. The SMILES string of the molecule is O=C(OCc1ccccc1)N1CCN(c2ccc([N+](=O)[O-])c(CCO)c2)CC1. The van der Waals surface area contributed by atoms with Crippen LogP contribution in [-0.2, 0) is 17.8 Å². The van der Waals surface area contributed by atoms with Gasteiger partial charge >= 0.3 is 6.09 Å². The van der Waals surface area contributed by atoms with Crippen molar-refractivity contribution in [2.24, 2.45) is 0 Å². The van der Waals surface area contributed by atoms with E-state index in [9.17, 15) is 14.9 Å². The van der Waals surface area contributed by atoms with E-state index in [1.807, 2.05) is 30.3 Å². The Morgan fingerprint density at radius 1 is 1.11 bits per heavy atom. The molecule has 1 fully saturated rings. The summed E-state index contributed by atoms with van der Waals surface area (Å²) >= 11 is 0. The van der Waals surface area contributed by atoms with Gasteiger partial charge in [0.1, 0.15) is 6.61 Å². The number of rotatable bonds is 6. The fourth-order valence-electron chi connectivity index (χ4n) is 3.23. The number of piperazine rings is 1. The Hall–Kier alpha value is -3.13. The van der Waals surface area contributed by atoms with E-state index in [4.69, 9.17) is 9.84 Å². The number of hydrogen-bond donors (Lipinski definition) is 1. The van der Waals surface area contributed by atoms with E-state index in [0.29, 0.717) is 31.7 Å². The van der Waals surface area contributed by atoms with Crippen LogP contribution in [0.3, 0.4) is 0 Å². The van der Waals surface area contributed by atoms with Gasteiger partial charge in [0.05, 0.1) is 4.92 Å². The standard InChI is InChI=1S/C20H23N3O5/c24-13-8-17-14-18(6-7-19(17)23(26)27)21-9-11-22(12-10-21)20(25)28-15-16-4-2-1-3-5-16/h1-7,14,24H,8-13,15H2. The zero-order chi connectivity index (χ0) is 19.9. The number of amides is 1. The van der Waals surface area contributed by atoms with Crippen molar-refractivity contribution < 1.29 is 19.6 Å². The highest BCUT2D eigenvalue weighted by atomic mass is 16.6. The minimum absolute atomic E-state index is 0.0147. The van der Waals surface area contributed by atoms with Crippen LogP contribution in [0.5, 0.6) is 0 Å². The van der Waals surface area contributed by atoms with Crippen LogP contribution in [0.2, 0.25) is 0 Å². The molecule has 0 aliphatic carbocycles. The largest absolute Gasteiger partial charge is 0.445 e. The van der Waals surface area contributed by atoms with Crippen molar-refractivity contribution in [1.29, 1.82) is 0 Å². The first-order valence-electron chi connectivity index (χ1n) is 9.17. The number of hydrogen-bond acceptors (Lipinski definition) is 6. The lowest BCUT2D eigenvalue weighted by Gasteiger charge is -2.35. The molecule has 1 aliphatic rings. The Morgan fingerprint density at radius 2 is 1.82 bits per heavy atom. The van der Waals surface area contributed by atoms with Crippen LogP contribution < -0.4 is 4.90 Å². The first kappa shape index (κ1) is 19.6. The van der Waals surface area contributed by atoms with Gasteiger partial charge in [-0.2, -0.15) is 0 Å². The molecule has 148 valence electrons. The number of nitro groups is 1. The quantitative estimate of drug-likeness (QED) is 0.606. The predicted octanol–water partition coefficient (Wildman–Crippen LogP) is 2.59. The maximum Gasteiger partial charge on any atom is 0.410 e. The summed E-state index contributed by atoms with van der Waals surface area (Å²) in [4.78, 5) is 26.7. The van der Waals surface area contributed by atoms with E-state index in [1.54, 1.807) is 17.0 Å². The van der Waals surface area contributed by atoms with Crippen LogP contribution in [0.4, 0.5) is 16.2 Å². The van der Waals surface area contributed by atoms with Crippen molar-refractivity contribution in [2.45, 2.75) is 13.0 Å². The molecule has 1 aliphatic heterocycles. The van der Waals surface area contributed by atoms with E-state index in [0.717, 1.165) is 11.3 Å². The number of aliphatic hydroxyl groups is 1. The van der Waals surface area contributed by atoms with Gasteiger partial charge in [-0.1, -0.05) is 30.3 Å². The zero-order valence-corrected chi connectivity index (χ0v) is 15.5. The molecule has 28 heavy (non-hydrogen) atoms. The number of anilines is 1. The topological polar surface area (TPSA) is 96.2 Å². The summed E-state index contributed by atoms with van der Waals surface area (Å²) < 4.78 is 5.37. The number of nitrogens with zero attached hydrogens (tertiary/aromatic N) is 3. The lowest BCUT2D eigenvalue weighted by molar-refractivity contribution is -0.385. The van der Waals surface area contributed by atoms with E-state index >= 15 is 0 Å². The molecule has 0 aromatic heterocycles. The van der Waals surface area contributed by atoms with E-state index < -0.39 is 4.92 Å². The Labute approximate surface area is 163 Å². The molecule has 0 saturated carbocycles. The van der Waals surface area contributed by atoms with E-state index in [-0.39, 0.29) is 31.4 Å². The minimum Gasteiger partial charge on any atom is -0.445 e. The second kappa shape index (κ2) is 9.18. The fourth-order valence-corrected chi connectivity index (χ4v) is 3.23. The van der Waals surface area contributed by atoms with Gasteiger partial charge in [-0.3, -0.25) is 10.1 Å². The summed E-state index contributed by atoms with van der Waals surface area (Å²) in [7, 11) is 0. The van der Waals surface area contributed by atoms with Crippen LogP contribution in [0.15, 0.2) is 48.5 Å². The maximum absolute atomic E-state index is 12.3. The average molecular weight is 385 g/mol. The number of carbonyl (C=O) groups is 1. The highest BCUT2D eigenvalue weighted by Gasteiger charge is 2.23. The lowest BCUT2D eigenvalue weighted by Crippen LogP contribution is -2.49. The summed E-state index contributed by atoms with van der Waals surface area (Å²) in [5, 5.41) is 20.3. The summed E-state index contributed by atoms with van der Waals surface area (Å²) in [5.74, 6) is 0. The molecule has 0 bridgehead atoms. The number of ether oxygens (including phenoxy) is 1. The molecule has 1 N–H and O–H groups in total. The van der Waals surface area contributed by atoms with Crippen molar-refractivity contribution in [3.63, 3.8) is 0 Å². The van der Waals surface area contributed by atoms with Crippen LogP contribution >= 0.6 is 0 Å². The van der Waals surface area contributed by atoms with Crippen molar-refractivity contribution in [2.75, 3.05) is 37.7 Å². The second-order valence-electron chi connectivity index (χ2n) is 6.56. The Kier molecular flexibility index (Phi) is 6.44. The van der Waals surface area contributed by atoms with Crippen molar-refractivity contribution in [3.8, 4) is 0 Å². The second-order valence-corrected chi connectivity index (χ2v) is 6.56. The van der Waals surface area contributed by atoms with Crippen LogP contribution in [0.1, 0.15) is 11.1 Å². The normalized spacial score (nSPS) is 14.0. The third-order valence-corrected chi connectivity index (χ3v) is 4.75. The van der Waals surface area contributed by atoms with Gasteiger partial charge in [0, 0.05) is 56.5 Å². The number of aliphatic hydroxyl groups excluding tert-OH is 1. The Bertz CT molecular complexity index is 820. The first-order chi connectivity index (χ1) is 13.6. The average Bonchev–Trinajstić information content (AvgIpc) is 2.73. The van der Waals surface area contributed by atoms with Gasteiger partial charge < -0.3 is 19.6 Å². The maximum atomic E-state index is 12.3. The number of benzene rings is 2. The van der Waals surface area contributed by atoms with Crippen LogP contribution in [-0.4, -0.2) is 53.8 Å². The van der Waals surface area contributed by atoms with Gasteiger partial charge in [-0.15, -0.1) is 0 Å². The minimum atomic E-state index is -0.435. The summed E-state index contributed by atoms with van der Waals surface area (Å²) in [6.45, 7) is 2.34. The molecule has 0 atom stereocenters. The number of nitro benzene ring substituents is 1. The predicted molar refractivity (Wildman–Crippen MR) is 104 cm³/mol. The molecule has 0 unspecified atom stereocenters. The van der Waals surface area contributed by atoms with Gasteiger partial charge in [-0.05, 0) is 17.7 Å². The molecule has 0 spiro atoms. The Morgan fingerprint density at radius 3 is 2.46 bits per heavy atom. The molecule has 1 saturated heterocycles.